The number of thiazole rings is 1. The highest BCUT2D eigenvalue weighted by molar-refractivity contribution is 14.0. The summed E-state index contributed by atoms with van der Waals surface area (Å²) in [5.41, 5.74) is 2.36. The summed E-state index contributed by atoms with van der Waals surface area (Å²) in [5, 5.41) is 12.0. The molecule has 0 saturated heterocycles. The summed E-state index contributed by atoms with van der Waals surface area (Å²) in [7, 11) is 0. The molecule has 1 aromatic carbocycles. The van der Waals surface area contributed by atoms with Gasteiger partial charge in [0, 0.05) is 30.6 Å². The van der Waals surface area contributed by atoms with Gasteiger partial charge in [-0.25, -0.2) is 19.6 Å². The Morgan fingerprint density at radius 3 is 2.79 bits per heavy atom. The number of hydrogen-bond acceptors (Lipinski definition) is 5. The second-order valence-corrected chi connectivity index (χ2v) is 7.56. The van der Waals surface area contributed by atoms with E-state index < -0.39 is 0 Å². The Morgan fingerprint density at radius 2 is 2.07 bits per heavy atom. The first-order chi connectivity index (χ1) is 13.8. The second-order valence-electron chi connectivity index (χ2n) is 6.36. The molecular formula is C20H28IN7S. The van der Waals surface area contributed by atoms with Gasteiger partial charge in [-0.15, -0.1) is 35.3 Å². The molecule has 0 spiro atoms. The van der Waals surface area contributed by atoms with Crippen molar-refractivity contribution in [2.75, 3.05) is 13.1 Å². The molecule has 0 aliphatic rings. The van der Waals surface area contributed by atoms with Gasteiger partial charge in [-0.05, 0) is 24.5 Å². The van der Waals surface area contributed by atoms with E-state index >= 15 is 0 Å². The van der Waals surface area contributed by atoms with Crippen LogP contribution in [0.1, 0.15) is 34.9 Å². The van der Waals surface area contributed by atoms with Crippen LogP contribution in [-0.2, 0) is 25.9 Å². The van der Waals surface area contributed by atoms with E-state index in [9.17, 15) is 0 Å². The Bertz CT molecular complexity index is 877. The molecule has 0 bridgehead atoms. The normalized spacial score (nSPS) is 11.2. The molecule has 7 nitrogen and oxygen atoms in total. The summed E-state index contributed by atoms with van der Waals surface area (Å²) in [4.78, 5) is 14.5. The van der Waals surface area contributed by atoms with E-state index in [0.29, 0.717) is 13.1 Å². The van der Waals surface area contributed by atoms with Gasteiger partial charge in [-0.3, -0.25) is 0 Å². The van der Waals surface area contributed by atoms with Gasteiger partial charge >= 0.3 is 0 Å². The molecular weight excluding hydrogens is 497 g/mol. The van der Waals surface area contributed by atoms with E-state index in [1.54, 1.807) is 24.0 Å². The molecule has 0 amide bonds. The summed E-state index contributed by atoms with van der Waals surface area (Å²) in [6.07, 6.45) is 7.21. The van der Waals surface area contributed by atoms with Crippen molar-refractivity contribution < 1.29 is 0 Å². The fraction of sp³-hybridized carbons (Fsp3) is 0.400. The van der Waals surface area contributed by atoms with E-state index in [0.717, 1.165) is 31.9 Å². The Balaban J connectivity index is 0.00000300. The lowest BCUT2D eigenvalue weighted by molar-refractivity contribution is 0.684. The van der Waals surface area contributed by atoms with Gasteiger partial charge in [0.25, 0.3) is 0 Å². The average molecular weight is 525 g/mol. The van der Waals surface area contributed by atoms with Crippen molar-refractivity contribution in [1.82, 2.24) is 30.4 Å². The largest absolute Gasteiger partial charge is 0.357 e. The van der Waals surface area contributed by atoms with Crippen molar-refractivity contribution in [2.24, 2.45) is 4.99 Å². The third kappa shape index (κ3) is 7.73. The number of benzene rings is 1. The van der Waals surface area contributed by atoms with Gasteiger partial charge < -0.3 is 10.6 Å². The quantitative estimate of drug-likeness (QED) is 0.255. The topological polar surface area (TPSA) is 80.0 Å². The molecule has 156 valence electrons. The first-order valence-corrected chi connectivity index (χ1v) is 10.4. The second kappa shape index (κ2) is 12.5. The Morgan fingerprint density at radius 1 is 1.21 bits per heavy atom. The lowest BCUT2D eigenvalue weighted by atomic mass is 10.1. The monoisotopic (exact) mass is 525 g/mol. The predicted molar refractivity (Wildman–Crippen MR) is 129 cm³/mol. The van der Waals surface area contributed by atoms with Crippen LogP contribution in [-0.4, -0.2) is 38.8 Å². The van der Waals surface area contributed by atoms with Crippen LogP contribution in [0.15, 0.2) is 48.1 Å². The van der Waals surface area contributed by atoms with E-state index in [1.165, 1.54) is 21.0 Å². The van der Waals surface area contributed by atoms with Crippen LogP contribution in [0, 0.1) is 0 Å². The molecule has 0 aliphatic carbocycles. The Labute approximate surface area is 193 Å². The third-order valence-corrected chi connectivity index (χ3v) is 5.35. The van der Waals surface area contributed by atoms with E-state index in [4.69, 9.17) is 4.99 Å². The number of halogens is 1. The van der Waals surface area contributed by atoms with Crippen LogP contribution >= 0.6 is 35.3 Å². The molecule has 3 rings (SSSR count). The van der Waals surface area contributed by atoms with Crippen LogP contribution in [0.3, 0.4) is 0 Å². The highest BCUT2D eigenvalue weighted by Crippen LogP contribution is 2.13. The molecule has 3 aromatic rings. The summed E-state index contributed by atoms with van der Waals surface area (Å²) in [6, 6.07) is 8.42. The van der Waals surface area contributed by atoms with Crippen LogP contribution in [0.5, 0.6) is 0 Å². The Kier molecular flexibility index (Phi) is 10.1. The van der Waals surface area contributed by atoms with Crippen molar-refractivity contribution in [3.05, 3.63) is 64.1 Å². The van der Waals surface area contributed by atoms with Crippen LogP contribution < -0.4 is 10.6 Å². The molecule has 0 radical (unpaired) electrons. The molecule has 29 heavy (non-hydrogen) atoms. The minimum Gasteiger partial charge on any atom is -0.357 e. The maximum Gasteiger partial charge on any atom is 0.191 e. The molecule has 0 aliphatic heterocycles. The van der Waals surface area contributed by atoms with Crippen LogP contribution in [0.25, 0.3) is 0 Å². The van der Waals surface area contributed by atoms with Crippen molar-refractivity contribution in [3.63, 3.8) is 0 Å². The van der Waals surface area contributed by atoms with Gasteiger partial charge in [0.1, 0.15) is 12.7 Å². The molecule has 2 N–H and O–H groups in total. The van der Waals surface area contributed by atoms with Crippen LogP contribution in [0.4, 0.5) is 0 Å². The number of nitrogens with one attached hydrogen (secondary N) is 2. The summed E-state index contributed by atoms with van der Waals surface area (Å²) >= 11 is 1.79. The highest BCUT2D eigenvalue weighted by atomic mass is 127. The number of hydrogen-bond donors (Lipinski definition) is 2. The summed E-state index contributed by atoms with van der Waals surface area (Å²) in [6.45, 7) is 7.21. The molecule has 9 heteroatoms. The first kappa shape index (κ1) is 23.3. The zero-order valence-corrected chi connectivity index (χ0v) is 20.0. The van der Waals surface area contributed by atoms with E-state index in [1.807, 2.05) is 10.9 Å². The van der Waals surface area contributed by atoms with Crippen molar-refractivity contribution in [2.45, 2.75) is 39.8 Å². The van der Waals surface area contributed by atoms with Gasteiger partial charge in [-0.2, -0.15) is 5.10 Å². The summed E-state index contributed by atoms with van der Waals surface area (Å²) in [5.74, 6) is 0.830. The molecule has 2 aromatic heterocycles. The van der Waals surface area contributed by atoms with Crippen LogP contribution in [0.2, 0.25) is 0 Å². The first-order valence-electron chi connectivity index (χ1n) is 9.62. The SMILES string of the molecule is CCNC(=NCc1cccc(Cn2cncn2)c1)NCCc1ncc(CC)s1.I. The Hall–Kier alpha value is -2.01. The van der Waals surface area contributed by atoms with Crippen molar-refractivity contribution >= 4 is 41.3 Å². The number of rotatable bonds is 9. The number of aromatic nitrogens is 4. The minimum atomic E-state index is 0. The number of aryl methyl sites for hydroxylation is 1. The zero-order valence-electron chi connectivity index (χ0n) is 16.8. The van der Waals surface area contributed by atoms with Gasteiger partial charge in [-0.1, -0.05) is 31.2 Å². The van der Waals surface area contributed by atoms with Gasteiger partial charge in [0.2, 0.25) is 0 Å². The maximum absolute atomic E-state index is 4.72. The predicted octanol–water partition coefficient (Wildman–Crippen LogP) is 3.26. The van der Waals surface area contributed by atoms with E-state index in [2.05, 4.69) is 63.8 Å². The molecule has 0 saturated carbocycles. The number of aliphatic imine (C=N–C) groups is 1. The average Bonchev–Trinajstić information content (AvgIpc) is 3.38. The zero-order chi connectivity index (χ0) is 19.6. The fourth-order valence-electron chi connectivity index (χ4n) is 2.75. The minimum absolute atomic E-state index is 0. The fourth-order valence-corrected chi connectivity index (χ4v) is 3.62. The van der Waals surface area contributed by atoms with Crippen molar-refractivity contribution in [1.29, 1.82) is 0 Å². The third-order valence-electron chi connectivity index (χ3n) is 4.15. The number of guanidine groups is 1. The van der Waals surface area contributed by atoms with Gasteiger partial charge in [0.05, 0.1) is 18.1 Å². The maximum atomic E-state index is 4.72. The lowest BCUT2D eigenvalue weighted by Crippen LogP contribution is -2.38. The lowest BCUT2D eigenvalue weighted by Gasteiger charge is -2.11. The van der Waals surface area contributed by atoms with Gasteiger partial charge in [0.15, 0.2) is 5.96 Å². The molecule has 0 unspecified atom stereocenters. The standard InChI is InChI=1S/C20H27N7S.HI/c1-3-18-12-24-19(28-18)8-9-23-20(22-4-2)25-11-16-6-5-7-17(10-16)13-27-15-21-14-26-27;/h5-7,10,12,14-15H,3-4,8-9,11,13H2,1-2H3,(H2,22,23,25);1H. The van der Waals surface area contributed by atoms with Crippen molar-refractivity contribution in [3.8, 4) is 0 Å². The molecule has 0 fully saturated rings. The molecule has 0 atom stereocenters. The number of nitrogens with zero attached hydrogens (tertiary/aromatic N) is 5. The summed E-state index contributed by atoms with van der Waals surface area (Å²) < 4.78 is 1.82. The molecule has 2 heterocycles. The highest BCUT2D eigenvalue weighted by Gasteiger charge is 2.03. The smallest absolute Gasteiger partial charge is 0.191 e. The van der Waals surface area contributed by atoms with E-state index in [-0.39, 0.29) is 24.0 Å².